The molecule has 0 aliphatic heterocycles. The molecule has 0 aromatic heterocycles. The predicted octanol–water partition coefficient (Wildman–Crippen LogP) is 3.45. The van der Waals surface area contributed by atoms with Crippen LogP contribution in [-0.4, -0.2) is 37.6 Å². The van der Waals surface area contributed by atoms with Gasteiger partial charge in [-0.2, -0.15) is 8.78 Å². The number of benzene rings is 2. The van der Waals surface area contributed by atoms with Gasteiger partial charge in [0.25, 0.3) is 5.69 Å². The fourth-order valence-electron chi connectivity index (χ4n) is 2.31. The molecule has 0 aliphatic rings. The van der Waals surface area contributed by atoms with Gasteiger partial charge in [-0.15, -0.1) is 0 Å². The molecule has 29 heavy (non-hydrogen) atoms. The summed E-state index contributed by atoms with van der Waals surface area (Å²) < 4.78 is 34.0. The molecule has 0 fully saturated rings. The highest BCUT2D eigenvalue weighted by Crippen LogP contribution is 2.29. The van der Waals surface area contributed by atoms with Gasteiger partial charge in [-0.25, -0.2) is 0 Å². The quantitative estimate of drug-likeness (QED) is 0.271. The number of hydrogen-bond donors (Lipinski definition) is 2. The van der Waals surface area contributed by atoms with Crippen LogP contribution in [0.2, 0.25) is 0 Å². The molecule has 0 saturated carbocycles. The minimum absolute atomic E-state index is 0.000536. The first-order valence-electron chi connectivity index (χ1n) is 8.46. The molecule has 0 aliphatic carbocycles. The Kier molecular flexibility index (Phi) is 7.89. The number of amides is 1. The Bertz CT molecular complexity index is 873. The molecule has 0 unspecified atom stereocenters. The number of nitro groups is 1. The molecule has 8 nitrogen and oxygen atoms in total. The third kappa shape index (κ3) is 7.09. The van der Waals surface area contributed by atoms with Crippen LogP contribution in [0.15, 0.2) is 48.5 Å². The number of halogens is 2. The van der Waals surface area contributed by atoms with E-state index in [4.69, 9.17) is 4.74 Å². The summed E-state index contributed by atoms with van der Waals surface area (Å²) in [7, 11) is 1.33. The molecule has 0 radical (unpaired) electrons. The summed E-state index contributed by atoms with van der Waals surface area (Å²) in [4.78, 5) is 22.0. The van der Waals surface area contributed by atoms with E-state index in [2.05, 4.69) is 15.4 Å². The van der Waals surface area contributed by atoms with Crippen LogP contribution in [-0.2, 0) is 4.79 Å². The van der Waals surface area contributed by atoms with Crippen LogP contribution in [0.1, 0.15) is 5.56 Å². The van der Waals surface area contributed by atoms with Gasteiger partial charge < -0.3 is 20.1 Å². The smallest absolute Gasteiger partial charge is 0.387 e. The van der Waals surface area contributed by atoms with Crippen molar-refractivity contribution < 1.29 is 28.0 Å². The lowest BCUT2D eigenvalue weighted by atomic mass is 10.2. The Morgan fingerprint density at radius 1 is 1.17 bits per heavy atom. The number of non-ortho nitro benzene ring substituents is 1. The molecule has 2 rings (SSSR count). The Balaban J connectivity index is 1.79. The van der Waals surface area contributed by atoms with E-state index in [1.807, 2.05) is 0 Å². The van der Waals surface area contributed by atoms with Gasteiger partial charge in [0.05, 0.1) is 12.0 Å². The molecule has 0 bridgehead atoms. The molecule has 0 atom stereocenters. The number of alkyl halides is 2. The maximum Gasteiger partial charge on any atom is 0.387 e. The van der Waals surface area contributed by atoms with Crippen molar-refractivity contribution in [3.8, 4) is 11.5 Å². The van der Waals surface area contributed by atoms with Crippen LogP contribution in [0.4, 0.5) is 20.2 Å². The van der Waals surface area contributed by atoms with Gasteiger partial charge >= 0.3 is 6.61 Å². The summed E-state index contributed by atoms with van der Waals surface area (Å²) in [5, 5.41) is 16.3. The Morgan fingerprint density at radius 2 is 1.90 bits per heavy atom. The molecule has 0 heterocycles. The first-order chi connectivity index (χ1) is 13.9. The van der Waals surface area contributed by atoms with Crippen LogP contribution in [0.5, 0.6) is 11.5 Å². The molecule has 2 aromatic carbocycles. The van der Waals surface area contributed by atoms with Crippen molar-refractivity contribution in [2.45, 2.75) is 6.61 Å². The van der Waals surface area contributed by atoms with Gasteiger partial charge in [-0.3, -0.25) is 14.9 Å². The maximum atomic E-state index is 12.3. The standard InChI is InChI=1S/C19H19F2N3O5/c1-28-17-12-13(2-8-16(17)29-19(20)21)3-9-18(25)23-11-10-22-14-4-6-15(7-5-14)24(26)27/h2-9,12,19,22H,10-11H2,1H3,(H,23,25)/b9-3+. The minimum Gasteiger partial charge on any atom is -0.493 e. The Labute approximate surface area is 165 Å². The highest BCUT2D eigenvalue weighted by atomic mass is 19.3. The third-order valence-corrected chi connectivity index (χ3v) is 3.66. The summed E-state index contributed by atoms with van der Waals surface area (Å²) in [6.45, 7) is -2.22. The Morgan fingerprint density at radius 3 is 2.52 bits per heavy atom. The second-order valence-electron chi connectivity index (χ2n) is 5.64. The van der Waals surface area contributed by atoms with E-state index < -0.39 is 11.5 Å². The maximum absolute atomic E-state index is 12.3. The molecular formula is C19H19F2N3O5. The molecule has 10 heteroatoms. The fourth-order valence-corrected chi connectivity index (χ4v) is 2.31. The van der Waals surface area contributed by atoms with Crippen LogP contribution >= 0.6 is 0 Å². The van der Waals surface area contributed by atoms with Gasteiger partial charge in [-0.05, 0) is 35.9 Å². The van der Waals surface area contributed by atoms with Crippen LogP contribution < -0.4 is 20.1 Å². The number of hydrogen-bond acceptors (Lipinski definition) is 6. The SMILES string of the molecule is COc1cc(/C=C/C(=O)NCCNc2ccc([N+](=O)[O-])cc2)ccc1OC(F)F. The van der Waals surface area contributed by atoms with Gasteiger partial charge in [0.1, 0.15) is 0 Å². The molecule has 2 aromatic rings. The number of nitro benzene ring substituents is 1. The van der Waals surface area contributed by atoms with Crippen molar-refractivity contribution in [1.29, 1.82) is 0 Å². The van der Waals surface area contributed by atoms with E-state index in [-0.39, 0.29) is 23.1 Å². The number of carbonyl (C=O) groups is 1. The van der Waals surface area contributed by atoms with E-state index in [0.29, 0.717) is 24.3 Å². The topological polar surface area (TPSA) is 103 Å². The Hall–Kier alpha value is -3.69. The lowest BCUT2D eigenvalue weighted by Gasteiger charge is -2.10. The first-order valence-corrected chi connectivity index (χ1v) is 8.46. The monoisotopic (exact) mass is 407 g/mol. The van der Waals surface area contributed by atoms with Gasteiger partial charge in [0, 0.05) is 37.0 Å². The summed E-state index contributed by atoms with van der Waals surface area (Å²) in [5.74, 6) is -0.316. The number of anilines is 1. The van der Waals surface area contributed by atoms with Crippen molar-refractivity contribution in [1.82, 2.24) is 5.32 Å². The second kappa shape index (κ2) is 10.6. The van der Waals surface area contributed by atoms with E-state index in [1.54, 1.807) is 12.1 Å². The molecule has 2 N–H and O–H groups in total. The predicted molar refractivity (Wildman–Crippen MR) is 103 cm³/mol. The van der Waals surface area contributed by atoms with E-state index in [0.717, 1.165) is 0 Å². The third-order valence-electron chi connectivity index (χ3n) is 3.66. The normalized spacial score (nSPS) is 10.8. The summed E-state index contributed by atoms with van der Waals surface area (Å²) in [6, 6.07) is 10.2. The summed E-state index contributed by atoms with van der Waals surface area (Å²) in [6.07, 6.45) is 2.81. The fraction of sp³-hybridized carbons (Fsp3) is 0.211. The number of carbonyl (C=O) groups excluding carboxylic acids is 1. The highest BCUT2D eigenvalue weighted by molar-refractivity contribution is 5.91. The first kappa shape index (κ1) is 21.6. The van der Waals surface area contributed by atoms with Gasteiger partial charge in [-0.1, -0.05) is 6.07 Å². The molecule has 1 amide bonds. The van der Waals surface area contributed by atoms with Crippen LogP contribution in [0.25, 0.3) is 6.08 Å². The number of nitrogens with zero attached hydrogens (tertiary/aromatic N) is 1. The van der Waals surface area contributed by atoms with Crippen molar-refractivity contribution >= 4 is 23.4 Å². The number of methoxy groups -OCH3 is 1. The van der Waals surface area contributed by atoms with E-state index in [9.17, 15) is 23.7 Å². The van der Waals surface area contributed by atoms with Crippen molar-refractivity contribution in [3.63, 3.8) is 0 Å². The lowest BCUT2D eigenvalue weighted by Crippen LogP contribution is -2.27. The average Bonchev–Trinajstić information content (AvgIpc) is 2.70. The summed E-state index contributed by atoms with van der Waals surface area (Å²) in [5.41, 5.74) is 1.26. The summed E-state index contributed by atoms with van der Waals surface area (Å²) >= 11 is 0. The largest absolute Gasteiger partial charge is 0.493 e. The molecule has 0 saturated heterocycles. The molecular weight excluding hydrogens is 388 g/mol. The van der Waals surface area contributed by atoms with E-state index in [1.165, 1.54) is 49.6 Å². The minimum atomic E-state index is -2.96. The number of nitrogens with one attached hydrogen (secondary N) is 2. The van der Waals surface area contributed by atoms with Crippen molar-refractivity contribution in [2.75, 3.05) is 25.5 Å². The zero-order valence-corrected chi connectivity index (χ0v) is 15.4. The molecule has 154 valence electrons. The highest BCUT2D eigenvalue weighted by Gasteiger charge is 2.10. The van der Waals surface area contributed by atoms with Gasteiger partial charge in [0.15, 0.2) is 11.5 Å². The zero-order chi connectivity index (χ0) is 21.2. The van der Waals surface area contributed by atoms with Crippen LogP contribution in [0, 0.1) is 10.1 Å². The van der Waals surface area contributed by atoms with Gasteiger partial charge in [0.2, 0.25) is 5.91 Å². The number of ether oxygens (including phenoxy) is 2. The molecule has 0 spiro atoms. The lowest BCUT2D eigenvalue weighted by molar-refractivity contribution is -0.384. The number of rotatable bonds is 10. The second-order valence-corrected chi connectivity index (χ2v) is 5.64. The zero-order valence-electron chi connectivity index (χ0n) is 15.4. The van der Waals surface area contributed by atoms with E-state index >= 15 is 0 Å². The van der Waals surface area contributed by atoms with Crippen molar-refractivity contribution in [2.24, 2.45) is 0 Å². The average molecular weight is 407 g/mol. The van der Waals surface area contributed by atoms with Crippen molar-refractivity contribution in [3.05, 3.63) is 64.2 Å². The van der Waals surface area contributed by atoms with Crippen LogP contribution in [0.3, 0.4) is 0 Å².